The Labute approximate surface area is 131 Å². The maximum Gasteiger partial charge on any atom is 0.121 e. The third-order valence-corrected chi connectivity index (χ3v) is 4.14. The number of ether oxygens (including phenoxy) is 2. The quantitative estimate of drug-likeness (QED) is 0.863. The van der Waals surface area contributed by atoms with Crippen molar-refractivity contribution >= 4 is 5.71 Å². The molecule has 3 heteroatoms. The Morgan fingerprint density at radius 3 is 2.64 bits per heavy atom. The molecule has 2 aromatic carbocycles. The van der Waals surface area contributed by atoms with E-state index in [1.54, 1.807) is 14.2 Å². The van der Waals surface area contributed by atoms with E-state index in [2.05, 4.69) is 31.2 Å². The van der Waals surface area contributed by atoms with Crippen molar-refractivity contribution in [3.8, 4) is 11.5 Å². The summed E-state index contributed by atoms with van der Waals surface area (Å²) in [5.74, 6) is 1.85. The zero-order valence-corrected chi connectivity index (χ0v) is 13.3. The van der Waals surface area contributed by atoms with Crippen LogP contribution >= 0.6 is 0 Å². The van der Waals surface area contributed by atoms with Gasteiger partial charge in [-0.15, -0.1) is 0 Å². The number of hydrogen-bond acceptors (Lipinski definition) is 3. The third kappa shape index (κ3) is 2.84. The molecule has 0 amide bonds. The Balaban J connectivity index is 1.88. The SMILES string of the molecule is COc1ccc2c(c1)CCN=C2Cc1ccc(OC)c(C)c1. The van der Waals surface area contributed by atoms with Gasteiger partial charge in [-0.1, -0.05) is 12.1 Å². The summed E-state index contributed by atoms with van der Waals surface area (Å²) >= 11 is 0. The van der Waals surface area contributed by atoms with Gasteiger partial charge in [0.25, 0.3) is 0 Å². The van der Waals surface area contributed by atoms with E-state index >= 15 is 0 Å². The van der Waals surface area contributed by atoms with Crippen LogP contribution in [0.25, 0.3) is 0 Å². The molecule has 22 heavy (non-hydrogen) atoms. The summed E-state index contributed by atoms with van der Waals surface area (Å²) < 4.78 is 10.6. The minimum atomic E-state index is 0.851. The maximum absolute atomic E-state index is 5.33. The first-order chi connectivity index (χ1) is 10.7. The van der Waals surface area contributed by atoms with Crippen molar-refractivity contribution in [3.63, 3.8) is 0 Å². The van der Waals surface area contributed by atoms with Crippen LogP contribution in [0, 0.1) is 6.92 Å². The summed E-state index contributed by atoms with van der Waals surface area (Å²) in [7, 11) is 3.41. The summed E-state index contributed by atoms with van der Waals surface area (Å²) in [5.41, 5.74) is 6.16. The first-order valence-electron chi connectivity index (χ1n) is 7.55. The first-order valence-corrected chi connectivity index (χ1v) is 7.55. The Hall–Kier alpha value is -2.29. The standard InChI is InChI=1S/C19H21NO2/c1-13-10-14(4-7-19(13)22-3)11-18-17-6-5-16(21-2)12-15(17)8-9-20-18/h4-7,10,12H,8-9,11H2,1-3H3. The minimum Gasteiger partial charge on any atom is -0.497 e. The summed E-state index contributed by atoms with van der Waals surface area (Å²) in [5, 5.41) is 0. The van der Waals surface area contributed by atoms with E-state index in [0.717, 1.165) is 42.2 Å². The van der Waals surface area contributed by atoms with Gasteiger partial charge in [0.1, 0.15) is 11.5 Å². The van der Waals surface area contributed by atoms with Crippen molar-refractivity contribution in [2.75, 3.05) is 20.8 Å². The fourth-order valence-electron chi connectivity index (χ4n) is 2.98. The predicted octanol–water partition coefficient (Wildman–Crippen LogP) is 3.60. The predicted molar refractivity (Wildman–Crippen MR) is 89.5 cm³/mol. The molecule has 0 aromatic heterocycles. The molecule has 0 saturated heterocycles. The van der Waals surface area contributed by atoms with Crippen molar-refractivity contribution < 1.29 is 9.47 Å². The molecule has 114 valence electrons. The highest BCUT2D eigenvalue weighted by molar-refractivity contribution is 6.04. The van der Waals surface area contributed by atoms with Gasteiger partial charge in [-0.05, 0) is 59.9 Å². The highest BCUT2D eigenvalue weighted by Gasteiger charge is 2.15. The van der Waals surface area contributed by atoms with E-state index in [1.165, 1.54) is 16.7 Å². The number of nitrogens with zero attached hydrogens (tertiary/aromatic N) is 1. The van der Waals surface area contributed by atoms with E-state index in [-0.39, 0.29) is 0 Å². The smallest absolute Gasteiger partial charge is 0.121 e. The molecule has 0 spiro atoms. The fraction of sp³-hybridized carbons (Fsp3) is 0.316. The molecule has 0 fully saturated rings. The highest BCUT2D eigenvalue weighted by Crippen LogP contribution is 2.25. The molecule has 0 aliphatic carbocycles. The van der Waals surface area contributed by atoms with Crippen molar-refractivity contribution in [3.05, 3.63) is 58.7 Å². The van der Waals surface area contributed by atoms with Gasteiger partial charge in [-0.25, -0.2) is 0 Å². The number of hydrogen-bond donors (Lipinski definition) is 0. The van der Waals surface area contributed by atoms with Gasteiger partial charge >= 0.3 is 0 Å². The van der Waals surface area contributed by atoms with E-state index in [1.807, 2.05) is 12.1 Å². The minimum absolute atomic E-state index is 0.851. The average molecular weight is 295 g/mol. The van der Waals surface area contributed by atoms with Crippen LogP contribution in [0.2, 0.25) is 0 Å². The molecule has 0 N–H and O–H groups in total. The Morgan fingerprint density at radius 2 is 1.91 bits per heavy atom. The lowest BCUT2D eigenvalue weighted by molar-refractivity contribution is 0.411. The number of aliphatic imine (C=N–C) groups is 1. The van der Waals surface area contributed by atoms with Crippen LogP contribution in [-0.4, -0.2) is 26.5 Å². The van der Waals surface area contributed by atoms with E-state index < -0.39 is 0 Å². The second-order valence-electron chi connectivity index (χ2n) is 5.58. The van der Waals surface area contributed by atoms with Gasteiger partial charge in [-0.2, -0.15) is 0 Å². The van der Waals surface area contributed by atoms with Gasteiger partial charge in [-0.3, -0.25) is 4.99 Å². The van der Waals surface area contributed by atoms with Crippen LogP contribution in [0.4, 0.5) is 0 Å². The fourth-order valence-corrected chi connectivity index (χ4v) is 2.98. The number of aryl methyl sites for hydroxylation is 1. The van der Waals surface area contributed by atoms with Crippen molar-refractivity contribution in [1.29, 1.82) is 0 Å². The van der Waals surface area contributed by atoms with Gasteiger partial charge in [0, 0.05) is 18.7 Å². The van der Waals surface area contributed by atoms with Crippen LogP contribution < -0.4 is 9.47 Å². The maximum atomic E-state index is 5.33. The molecule has 0 bridgehead atoms. The second-order valence-corrected chi connectivity index (χ2v) is 5.58. The first kappa shape index (κ1) is 14.6. The van der Waals surface area contributed by atoms with Crippen molar-refractivity contribution in [2.24, 2.45) is 4.99 Å². The second kappa shape index (κ2) is 6.22. The summed E-state index contributed by atoms with van der Waals surface area (Å²) in [6.07, 6.45) is 1.84. The zero-order valence-electron chi connectivity index (χ0n) is 13.3. The molecule has 1 aliphatic heterocycles. The number of methoxy groups -OCH3 is 2. The van der Waals surface area contributed by atoms with E-state index in [0.29, 0.717) is 0 Å². The molecular formula is C19H21NO2. The number of benzene rings is 2. The lowest BCUT2D eigenvalue weighted by atomic mass is 9.93. The average Bonchev–Trinajstić information content (AvgIpc) is 2.55. The number of fused-ring (bicyclic) bond motifs is 1. The molecule has 0 unspecified atom stereocenters. The molecule has 3 rings (SSSR count). The molecule has 1 heterocycles. The van der Waals surface area contributed by atoms with Crippen LogP contribution in [0.5, 0.6) is 11.5 Å². The largest absolute Gasteiger partial charge is 0.497 e. The van der Waals surface area contributed by atoms with Gasteiger partial charge in [0.05, 0.1) is 14.2 Å². The summed E-state index contributed by atoms with van der Waals surface area (Å²) in [6, 6.07) is 12.6. The van der Waals surface area contributed by atoms with Crippen LogP contribution in [0.3, 0.4) is 0 Å². The van der Waals surface area contributed by atoms with Crippen molar-refractivity contribution in [2.45, 2.75) is 19.8 Å². The highest BCUT2D eigenvalue weighted by atomic mass is 16.5. The molecule has 3 nitrogen and oxygen atoms in total. The molecule has 0 atom stereocenters. The Bertz CT molecular complexity index is 719. The lowest BCUT2D eigenvalue weighted by Crippen LogP contribution is -2.15. The van der Waals surface area contributed by atoms with Crippen LogP contribution in [0.15, 0.2) is 41.4 Å². The molecular weight excluding hydrogens is 274 g/mol. The topological polar surface area (TPSA) is 30.8 Å². The molecule has 2 aromatic rings. The van der Waals surface area contributed by atoms with Crippen molar-refractivity contribution in [1.82, 2.24) is 0 Å². The summed E-state index contributed by atoms with van der Waals surface area (Å²) in [4.78, 5) is 4.74. The molecule has 1 aliphatic rings. The van der Waals surface area contributed by atoms with Crippen LogP contribution in [-0.2, 0) is 12.8 Å². The monoisotopic (exact) mass is 295 g/mol. The number of rotatable bonds is 4. The third-order valence-electron chi connectivity index (χ3n) is 4.14. The molecule has 0 saturated carbocycles. The zero-order chi connectivity index (χ0) is 15.5. The Kier molecular flexibility index (Phi) is 4.14. The van der Waals surface area contributed by atoms with Gasteiger partial charge in [0.15, 0.2) is 0 Å². The van der Waals surface area contributed by atoms with E-state index in [9.17, 15) is 0 Å². The molecule has 0 radical (unpaired) electrons. The lowest BCUT2D eigenvalue weighted by Gasteiger charge is -2.18. The normalized spacial score (nSPS) is 13.3. The van der Waals surface area contributed by atoms with E-state index in [4.69, 9.17) is 14.5 Å². The van der Waals surface area contributed by atoms with Gasteiger partial charge in [0.2, 0.25) is 0 Å². The van der Waals surface area contributed by atoms with Gasteiger partial charge < -0.3 is 9.47 Å². The summed E-state index contributed by atoms with van der Waals surface area (Å²) in [6.45, 7) is 2.93. The Morgan fingerprint density at radius 1 is 1.05 bits per heavy atom. The van der Waals surface area contributed by atoms with Crippen LogP contribution in [0.1, 0.15) is 22.3 Å².